The molecule has 0 spiro atoms. The van der Waals surface area contributed by atoms with Crippen molar-refractivity contribution in [1.82, 2.24) is 25.2 Å². The highest BCUT2D eigenvalue weighted by Crippen LogP contribution is 2.27. The number of carbonyl (C=O) groups excluding carboxylic acids is 2. The lowest BCUT2D eigenvalue weighted by molar-refractivity contribution is -0.143. The van der Waals surface area contributed by atoms with E-state index < -0.39 is 23.3 Å². The molecule has 0 unspecified atom stereocenters. The molecule has 7 nitrogen and oxygen atoms in total. The second-order valence-corrected chi connectivity index (χ2v) is 9.41. The maximum atomic E-state index is 15.0. The number of fused-ring (bicyclic) bond motifs is 1. The van der Waals surface area contributed by atoms with Crippen LogP contribution in [-0.4, -0.2) is 37.2 Å². The summed E-state index contributed by atoms with van der Waals surface area (Å²) in [6, 6.07) is 21.5. The summed E-state index contributed by atoms with van der Waals surface area (Å²) in [6.07, 6.45) is 0. The molecule has 1 aromatic heterocycles. The summed E-state index contributed by atoms with van der Waals surface area (Å²) in [5.74, 6) is -1.41. The van der Waals surface area contributed by atoms with Crippen LogP contribution < -0.4 is 5.32 Å². The summed E-state index contributed by atoms with van der Waals surface area (Å²) in [5, 5.41) is 11.2. The van der Waals surface area contributed by atoms with Gasteiger partial charge in [0.05, 0.1) is 5.52 Å². The lowest BCUT2D eigenvalue weighted by Gasteiger charge is -2.34. The predicted octanol–water partition coefficient (Wildman–Crippen LogP) is 4.26. The monoisotopic (exact) mass is 473 g/mol. The van der Waals surface area contributed by atoms with Gasteiger partial charge in [-0.25, -0.2) is 9.07 Å². The quantitative estimate of drug-likeness (QED) is 0.435. The van der Waals surface area contributed by atoms with E-state index >= 15 is 4.39 Å². The molecule has 0 radical (unpaired) electrons. The van der Waals surface area contributed by atoms with E-state index in [2.05, 4.69) is 15.6 Å². The number of benzene rings is 3. The van der Waals surface area contributed by atoms with Gasteiger partial charge < -0.3 is 10.2 Å². The largest absolute Gasteiger partial charge is 0.349 e. The summed E-state index contributed by atoms with van der Waals surface area (Å²) < 4.78 is 16.5. The number of carbonyl (C=O) groups is 2. The first-order chi connectivity index (χ1) is 16.7. The van der Waals surface area contributed by atoms with Gasteiger partial charge >= 0.3 is 0 Å². The Morgan fingerprint density at radius 1 is 0.971 bits per heavy atom. The molecule has 1 N–H and O–H groups in total. The van der Waals surface area contributed by atoms with Gasteiger partial charge in [0, 0.05) is 17.6 Å². The zero-order chi connectivity index (χ0) is 25.0. The second kappa shape index (κ2) is 10.0. The predicted molar refractivity (Wildman–Crippen MR) is 132 cm³/mol. The van der Waals surface area contributed by atoms with Crippen molar-refractivity contribution in [2.45, 2.75) is 45.4 Å². The molecule has 35 heavy (non-hydrogen) atoms. The van der Waals surface area contributed by atoms with Crippen LogP contribution in [0.2, 0.25) is 0 Å². The number of aromatic nitrogens is 3. The maximum absolute atomic E-state index is 15.0. The van der Waals surface area contributed by atoms with E-state index in [9.17, 15) is 9.59 Å². The Hall–Kier alpha value is -4.07. The Morgan fingerprint density at radius 2 is 1.63 bits per heavy atom. The molecular weight excluding hydrogens is 445 g/mol. The topological polar surface area (TPSA) is 80.1 Å². The van der Waals surface area contributed by atoms with Gasteiger partial charge in [-0.05, 0) is 44.5 Å². The number of nitrogens with one attached hydrogen (secondary N) is 1. The Labute approximate surface area is 203 Å². The van der Waals surface area contributed by atoms with Crippen molar-refractivity contribution in [2.24, 2.45) is 0 Å². The van der Waals surface area contributed by atoms with Crippen LogP contribution in [0.5, 0.6) is 0 Å². The van der Waals surface area contributed by atoms with Crippen molar-refractivity contribution in [3.8, 4) is 0 Å². The fourth-order valence-electron chi connectivity index (χ4n) is 3.94. The van der Waals surface area contributed by atoms with E-state index in [1.54, 1.807) is 18.2 Å². The van der Waals surface area contributed by atoms with Crippen molar-refractivity contribution in [1.29, 1.82) is 0 Å². The highest BCUT2D eigenvalue weighted by molar-refractivity contribution is 5.89. The van der Waals surface area contributed by atoms with Crippen LogP contribution in [0, 0.1) is 5.82 Å². The smallest absolute Gasteiger partial charge is 0.247 e. The van der Waals surface area contributed by atoms with Gasteiger partial charge in [0.25, 0.3) is 0 Å². The van der Waals surface area contributed by atoms with Crippen LogP contribution in [0.1, 0.15) is 37.9 Å². The van der Waals surface area contributed by atoms with Gasteiger partial charge in [0.15, 0.2) is 0 Å². The van der Waals surface area contributed by atoms with Gasteiger partial charge in [0.2, 0.25) is 11.8 Å². The van der Waals surface area contributed by atoms with Crippen molar-refractivity contribution in [2.75, 3.05) is 0 Å². The fourth-order valence-corrected chi connectivity index (χ4v) is 3.94. The van der Waals surface area contributed by atoms with E-state index in [1.807, 2.05) is 75.4 Å². The van der Waals surface area contributed by atoms with Crippen molar-refractivity contribution in [3.63, 3.8) is 0 Å². The maximum Gasteiger partial charge on any atom is 0.247 e. The molecule has 0 fully saturated rings. The number of nitrogens with zero attached hydrogens (tertiary/aromatic N) is 4. The minimum Gasteiger partial charge on any atom is -0.349 e. The molecule has 0 saturated heterocycles. The van der Waals surface area contributed by atoms with Gasteiger partial charge in [0.1, 0.15) is 23.9 Å². The van der Waals surface area contributed by atoms with Crippen molar-refractivity contribution >= 4 is 22.8 Å². The third-order valence-corrected chi connectivity index (χ3v) is 5.48. The van der Waals surface area contributed by atoms with Gasteiger partial charge in [-0.3, -0.25) is 9.59 Å². The van der Waals surface area contributed by atoms with Crippen LogP contribution in [0.3, 0.4) is 0 Å². The minimum absolute atomic E-state index is 0.114. The molecule has 4 aromatic rings. The van der Waals surface area contributed by atoms with Crippen molar-refractivity contribution in [3.05, 3.63) is 95.8 Å². The first-order valence-electron chi connectivity index (χ1n) is 11.4. The zero-order valence-electron chi connectivity index (χ0n) is 20.0. The van der Waals surface area contributed by atoms with Crippen LogP contribution >= 0.6 is 0 Å². The normalized spacial score (nSPS) is 12.3. The average Bonchev–Trinajstić information content (AvgIpc) is 3.22. The van der Waals surface area contributed by atoms with Gasteiger partial charge in [-0.2, -0.15) is 0 Å². The molecule has 3 aromatic carbocycles. The number of rotatable bonds is 7. The van der Waals surface area contributed by atoms with Crippen LogP contribution in [-0.2, 0) is 22.7 Å². The summed E-state index contributed by atoms with van der Waals surface area (Å²) in [5.41, 5.74) is 1.72. The molecule has 4 rings (SSSR count). The van der Waals surface area contributed by atoms with E-state index in [4.69, 9.17) is 0 Å². The zero-order valence-corrected chi connectivity index (χ0v) is 20.0. The average molecular weight is 474 g/mol. The number of para-hydroxylation sites is 1. The lowest BCUT2D eigenvalue weighted by atomic mass is 10.00. The fraction of sp³-hybridized carbons (Fsp3) is 0.259. The van der Waals surface area contributed by atoms with E-state index in [0.29, 0.717) is 11.0 Å². The molecule has 0 aliphatic rings. The molecule has 0 aliphatic carbocycles. The van der Waals surface area contributed by atoms with Crippen molar-refractivity contribution < 1.29 is 14.0 Å². The Bertz CT molecular complexity index is 1330. The summed E-state index contributed by atoms with van der Waals surface area (Å²) >= 11 is 0. The third kappa shape index (κ3) is 5.71. The van der Waals surface area contributed by atoms with Crippen LogP contribution in [0.15, 0.2) is 78.9 Å². The van der Waals surface area contributed by atoms with E-state index in [0.717, 1.165) is 5.56 Å². The molecule has 1 heterocycles. The standard InChI is InChI=1S/C27H28FN5O2/c1-27(2,3)29-26(35)25(20-13-7-8-14-21(20)28)32(17-19-11-5-4-6-12-19)24(34)18-33-23-16-10-9-15-22(23)30-31-33/h4-16,25H,17-18H2,1-3H3,(H,29,35)/t25-/m1/s1. The minimum atomic E-state index is -1.18. The molecule has 0 saturated carbocycles. The SMILES string of the molecule is CC(C)(C)NC(=O)[C@@H](c1ccccc1F)N(Cc1ccccc1)C(=O)Cn1nnc2ccccc21. The molecule has 180 valence electrons. The van der Waals surface area contributed by atoms with E-state index in [1.165, 1.54) is 15.6 Å². The second-order valence-electron chi connectivity index (χ2n) is 9.41. The third-order valence-electron chi connectivity index (χ3n) is 5.48. The Kier molecular flexibility index (Phi) is 6.91. The number of halogens is 1. The highest BCUT2D eigenvalue weighted by Gasteiger charge is 2.35. The number of hydrogen-bond acceptors (Lipinski definition) is 4. The Morgan fingerprint density at radius 3 is 2.34 bits per heavy atom. The molecule has 2 amide bonds. The van der Waals surface area contributed by atoms with Crippen LogP contribution in [0.25, 0.3) is 11.0 Å². The van der Waals surface area contributed by atoms with E-state index in [-0.39, 0.29) is 24.6 Å². The highest BCUT2D eigenvalue weighted by atomic mass is 19.1. The lowest BCUT2D eigenvalue weighted by Crippen LogP contribution is -2.49. The molecule has 0 bridgehead atoms. The Balaban J connectivity index is 1.77. The van der Waals surface area contributed by atoms with Gasteiger partial charge in [-0.1, -0.05) is 65.9 Å². The first-order valence-corrected chi connectivity index (χ1v) is 11.4. The molecule has 1 atom stereocenters. The molecule has 0 aliphatic heterocycles. The number of hydrogen-bond donors (Lipinski definition) is 1. The summed E-state index contributed by atoms with van der Waals surface area (Å²) in [4.78, 5) is 28.8. The van der Waals surface area contributed by atoms with Gasteiger partial charge in [-0.15, -0.1) is 5.10 Å². The first kappa shape index (κ1) is 24.1. The van der Waals surface area contributed by atoms with Crippen LogP contribution in [0.4, 0.5) is 4.39 Å². The number of amides is 2. The summed E-state index contributed by atoms with van der Waals surface area (Å²) in [7, 11) is 0. The molecular formula is C27H28FN5O2. The molecule has 8 heteroatoms. The summed E-state index contributed by atoms with van der Waals surface area (Å²) in [6.45, 7) is 5.49.